The molecule has 0 bridgehead atoms. The van der Waals surface area contributed by atoms with Gasteiger partial charge in [-0.1, -0.05) is 19.8 Å². The molecule has 0 aromatic rings. The van der Waals surface area contributed by atoms with Gasteiger partial charge in [-0.2, -0.15) is 0 Å². The summed E-state index contributed by atoms with van der Waals surface area (Å²) in [5.41, 5.74) is 0.00403. The predicted octanol–water partition coefficient (Wildman–Crippen LogP) is 2.58. The van der Waals surface area contributed by atoms with Gasteiger partial charge in [-0.25, -0.2) is 0 Å². The molecular formula is C12H25NO. The molecule has 0 aromatic carbocycles. The average Bonchev–Trinajstić information content (AvgIpc) is 2.88. The Hall–Kier alpha value is -0.0800. The van der Waals surface area contributed by atoms with Crippen LogP contribution in [0.5, 0.6) is 0 Å². The maximum Gasteiger partial charge on any atom is 0.0750 e. The Morgan fingerprint density at radius 2 is 2.07 bits per heavy atom. The normalized spacial score (nSPS) is 17.4. The summed E-state index contributed by atoms with van der Waals surface area (Å²) in [6.45, 7) is 9.52. The van der Waals surface area contributed by atoms with E-state index in [1.54, 1.807) is 0 Å². The summed E-state index contributed by atoms with van der Waals surface area (Å²) in [5.74, 6) is 0.981. The lowest BCUT2D eigenvalue weighted by molar-refractivity contribution is -0.0188. The molecule has 1 aliphatic rings. The summed E-state index contributed by atoms with van der Waals surface area (Å²) in [7, 11) is 0. The van der Waals surface area contributed by atoms with Gasteiger partial charge >= 0.3 is 0 Å². The summed E-state index contributed by atoms with van der Waals surface area (Å²) < 4.78 is 5.86. The first kappa shape index (κ1) is 12.0. The molecule has 0 heterocycles. The van der Waals surface area contributed by atoms with E-state index in [2.05, 4.69) is 26.1 Å². The van der Waals surface area contributed by atoms with Gasteiger partial charge in [0.05, 0.1) is 5.60 Å². The molecule has 1 N–H and O–H groups in total. The Kier molecular flexibility index (Phi) is 4.90. The summed E-state index contributed by atoms with van der Waals surface area (Å²) in [4.78, 5) is 0. The number of ether oxygens (including phenoxy) is 1. The Balaban J connectivity index is 1.99. The molecule has 2 heteroatoms. The van der Waals surface area contributed by atoms with E-state index in [9.17, 15) is 0 Å². The van der Waals surface area contributed by atoms with Crippen molar-refractivity contribution in [2.24, 2.45) is 5.92 Å². The first-order valence-corrected chi connectivity index (χ1v) is 5.99. The molecule has 0 aliphatic heterocycles. The molecule has 1 saturated carbocycles. The summed E-state index contributed by atoms with van der Waals surface area (Å²) >= 11 is 0. The van der Waals surface area contributed by atoms with Crippen LogP contribution in [0.3, 0.4) is 0 Å². The Labute approximate surface area is 88.4 Å². The summed E-state index contributed by atoms with van der Waals surface area (Å²) in [6, 6.07) is 0. The minimum Gasteiger partial charge on any atom is -0.374 e. The number of rotatable bonds is 8. The highest BCUT2D eigenvalue weighted by atomic mass is 16.5. The van der Waals surface area contributed by atoms with E-state index in [1.165, 1.54) is 25.7 Å². The second kappa shape index (κ2) is 5.72. The molecule has 0 spiro atoms. The fourth-order valence-electron chi connectivity index (χ4n) is 1.53. The third kappa shape index (κ3) is 5.61. The Bertz CT molecular complexity index is 152. The van der Waals surface area contributed by atoms with Gasteiger partial charge in [0.2, 0.25) is 0 Å². The molecule has 0 aromatic heterocycles. The van der Waals surface area contributed by atoms with Crippen LogP contribution in [0.2, 0.25) is 0 Å². The van der Waals surface area contributed by atoms with Crippen molar-refractivity contribution in [3.63, 3.8) is 0 Å². The van der Waals surface area contributed by atoms with Crippen LogP contribution in [0.15, 0.2) is 0 Å². The molecule has 0 amide bonds. The van der Waals surface area contributed by atoms with Crippen LogP contribution in [-0.2, 0) is 4.74 Å². The SMILES string of the molecule is CCCNCC(C)(C)OCCC1CC1. The lowest BCUT2D eigenvalue weighted by Crippen LogP contribution is -2.38. The van der Waals surface area contributed by atoms with E-state index >= 15 is 0 Å². The van der Waals surface area contributed by atoms with Crippen molar-refractivity contribution in [2.45, 2.75) is 52.1 Å². The fourth-order valence-corrected chi connectivity index (χ4v) is 1.53. The first-order chi connectivity index (χ1) is 6.64. The smallest absolute Gasteiger partial charge is 0.0750 e. The number of hydrogen-bond donors (Lipinski definition) is 1. The van der Waals surface area contributed by atoms with E-state index in [4.69, 9.17) is 4.74 Å². The van der Waals surface area contributed by atoms with Crippen molar-refractivity contribution >= 4 is 0 Å². The minimum absolute atomic E-state index is 0.00403. The van der Waals surface area contributed by atoms with E-state index in [1.807, 2.05) is 0 Å². The van der Waals surface area contributed by atoms with E-state index in [0.717, 1.165) is 25.6 Å². The van der Waals surface area contributed by atoms with Crippen molar-refractivity contribution in [3.8, 4) is 0 Å². The molecule has 84 valence electrons. The molecule has 1 aliphatic carbocycles. The van der Waals surface area contributed by atoms with E-state index in [0.29, 0.717) is 0 Å². The first-order valence-electron chi connectivity index (χ1n) is 5.99. The largest absolute Gasteiger partial charge is 0.374 e. The molecule has 0 saturated heterocycles. The third-order valence-electron chi connectivity index (χ3n) is 2.69. The Morgan fingerprint density at radius 3 is 2.64 bits per heavy atom. The molecular weight excluding hydrogens is 174 g/mol. The summed E-state index contributed by atoms with van der Waals surface area (Å²) in [6.07, 6.45) is 5.31. The van der Waals surface area contributed by atoms with Crippen LogP contribution in [0.1, 0.15) is 46.5 Å². The van der Waals surface area contributed by atoms with Crippen LogP contribution in [-0.4, -0.2) is 25.3 Å². The highest BCUT2D eigenvalue weighted by Gasteiger charge is 2.23. The van der Waals surface area contributed by atoms with Gasteiger partial charge in [-0.3, -0.25) is 0 Å². The van der Waals surface area contributed by atoms with Crippen LogP contribution >= 0.6 is 0 Å². The van der Waals surface area contributed by atoms with Gasteiger partial charge in [0, 0.05) is 13.2 Å². The van der Waals surface area contributed by atoms with Crippen molar-refractivity contribution in [3.05, 3.63) is 0 Å². The molecule has 0 radical (unpaired) electrons. The topological polar surface area (TPSA) is 21.3 Å². The zero-order chi connectivity index (χ0) is 10.4. The van der Waals surface area contributed by atoms with Gasteiger partial charge < -0.3 is 10.1 Å². The van der Waals surface area contributed by atoms with Crippen LogP contribution in [0.4, 0.5) is 0 Å². The third-order valence-corrected chi connectivity index (χ3v) is 2.69. The van der Waals surface area contributed by atoms with Crippen molar-refractivity contribution in [1.82, 2.24) is 5.32 Å². The monoisotopic (exact) mass is 199 g/mol. The van der Waals surface area contributed by atoms with Gasteiger partial charge in [0.1, 0.15) is 0 Å². The molecule has 14 heavy (non-hydrogen) atoms. The van der Waals surface area contributed by atoms with E-state index in [-0.39, 0.29) is 5.60 Å². The zero-order valence-corrected chi connectivity index (χ0v) is 9.94. The molecule has 1 rings (SSSR count). The van der Waals surface area contributed by atoms with Crippen molar-refractivity contribution < 1.29 is 4.74 Å². The highest BCUT2D eigenvalue weighted by molar-refractivity contribution is 4.75. The zero-order valence-electron chi connectivity index (χ0n) is 9.94. The number of hydrogen-bond acceptors (Lipinski definition) is 2. The second-order valence-electron chi connectivity index (χ2n) is 5.02. The van der Waals surface area contributed by atoms with Gasteiger partial charge in [0.25, 0.3) is 0 Å². The quantitative estimate of drug-likeness (QED) is 0.607. The minimum atomic E-state index is 0.00403. The maximum atomic E-state index is 5.86. The van der Waals surface area contributed by atoms with Gasteiger partial charge in [-0.05, 0) is 39.2 Å². The van der Waals surface area contributed by atoms with Crippen molar-refractivity contribution in [1.29, 1.82) is 0 Å². The molecule has 0 atom stereocenters. The second-order valence-corrected chi connectivity index (χ2v) is 5.02. The van der Waals surface area contributed by atoms with Crippen LogP contribution in [0.25, 0.3) is 0 Å². The molecule has 0 unspecified atom stereocenters. The van der Waals surface area contributed by atoms with Crippen LogP contribution < -0.4 is 5.32 Å². The lowest BCUT2D eigenvalue weighted by atomic mass is 10.1. The Morgan fingerprint density at radius 1 is 1.36 bits per heavy atom. The fraction of sp³-hybridized carbons (Fsp3) is 1.00. The molecule has 1 fully saturated rings. The predicted molar refractivity (Wildman–Crippen MR) is 60.5 cm³/mol. The summed E-state index contributed by atoms with van der Waals surface area (Å²) in [5, 5.41) is 3.40. The van der Waals surface area contributed by atoms with Gasteiger partial charge in [-0.15, -0.1) is 0 Å². The number of nitrogens with one attached hydrogen (secondary N) is 1. The lowest BCUT2D eigenvalue weighted by Gasteiger charge is -2.25. The standard InChI is InChI=1S/C12H25NO/c1-4-8-13-10-12(2,3)14-9-7-11-5-6-11/h11,13H,4-10H2,1-3H3. The van der Waals surface area contributed by atoms with Crippen LogP contribution in [0, 0.1) is 5.92 Å². The molecule has 2 nitrogen and oxygen atoms in total. The van der Waals surface area contributed by atoms with Gasteiger partial charge in [0.15, 0.2) is 0 Å². The van der Waals surface area contributed by atoms with E-state index < -0.39 is 0 Å². The average molecular weight is 199 g/mol. The van der Waals surface area contributed by atoms with Crippen molar-refractivity contribution in [2.75, 3.05) is 19.7 Å². The maximum absolute atomic E-state index is 5.86. The highest BCUT2D eigenvalue weighted by Crippen LogP contribution is 2.32.